The molecule has 2 aromatic carbocycles. The second-order valence-electron chi connectivity index (χ2n) is 3.74. The lowest BCUT2D eigenvalue weighted by molar-refractivity contribution is 1.34. The van der Waals surface area contributed by atoms with Crippen molar-refractivity contribution < 1.29 is 0 Å². The van der Waals surface area contributed by atoms with Gasteiger partial charge in [-0.05, 0) is 36.2 Å². The van der Waals surface area contributed by atoms with Crippen molar-refractivity contribution >= 4 is 23.5 Å². The summed E-state index contributed by atoms with van der Waals surface area (Å²) >= 11 is 5.87. The van der Waals surface area contributed by atoms with E-state index in [1.165, 1.54) is 5.56 Å². The van der Waals surface area contributed by atoms with Crippen LogP contribution in [0.5, 0.6) is 0 Å². The summed E-state index contributed by atoms with van der Waals surface area (Å²) in [6.45, 7) is 2.06. The minimum absolute atomic E-state index is 0.695. The summed E-state index contributed by atoms with van der Waals surface area (Å²) in [5.74, 6) is 0. The van der Waals surface area contributed by atoms with Gasteiger partial charge in [-0.2, -0.15) is 5.10 Å². The number of halogens is 1. The lowest BCUT2D eigenvalue weighted by atomic mass is 10.1. The third kappa shape index (κ3) is 3.33. The van der Waals surface area contributed by atoms with E-state index in [4.69, 9.17) is 11.6 Å². The maximum atomic E-state index is 5.87. The Kier molecular flexibility index (Phi) is 3.78. The Bertz CT molecular complexity index is 535. The molecule has 0 aliphatic carbocycles. The minimum Gasteiger partial charge on any atom is -0.278 e. The number of anilines is 1. The van der Waals surface area contributed by atoms with E-state index < -0.39 is 0 Å². The number of nitrogens with one attached hydrogen (secondary N) is 1. The molecule has 0 aliphatic heterocycles. The third-order valence-corrected chi connectivity index (χ3v) is 2.65. The van der Waals surface area contributed by atoms with Gasteiger partial charge in [0.25, 0.3) is 0 Å². The molecule has 0 unspecified atom stereocenters. The monoisotopic (exact) mass is 244 g/mol. The summed E-state index contributed by atoms with van der Waals surface area (Å²) in [6, 6.07) is 15.5. The van der Waals surface area contributed by atoms with Crippen molar-refractivity contribution in [3.8, 4) is 0 Å². The summed E-state index contributed by atoms with van der Waals surface area (Å²) < 4.78 is 0. The second-order valence-corrected chi connectivity index (χ2v) is 4.17. The number of hydrazone groups is 1. The number of hydrogen-bond donors (Lipinski definition) is 1. The van der Waals surface area contributed by atoms with Crippen LogP contribution in [0.4, 0.5) is 5.69 Å². The van der Waals surface area contributed by atoms with E-state index in [0.717, 1.165) is 11.3 Å². The molecule has 0 amide bonds. The molecule has 0 radical (unpaired) electrons. The number of rotatable bonds is 3. The molecule has 0 saturated heterocycles. The normalized spacial score (nSPS) is 10.7. The van der Waals surface area contributed by atoms with Crippen molar-refractivity contribution in [1.82, 2.24) is 0 Å². The number of aryl methyl sites for hydroxylation is 1. The van der Waals surface area contributed by atoms with Gasteiger partial charge in [-0.15, -0.1) is 0 Å². The zero-order valence-corrected chi connectivity index (χ0v) is 10.3. The quantitative estimate of drug-likeness (QED) is 0.638. The molecule has 3 heteroatoms. The van der Waals surface area contributed by atoms with Crippen LogP contribution in [0.1, 0.15) is 11.1 Å². The zero-order valence-electron chi connectivity index (χ0n) is 9.52. The zero-order chi connectivity index (χ0) is 12.1. The molecule has 2 aromatic rings. The van der Waals surface area contributed by atoms with Gasteiger partial charge in [0.1, 0.15) is 0 Å². The van der Waals surface area contributed by atoms with Crippen molar-refractivity contribution in [3.63, 3.8) is 0 Å². The Morgan fingerprint density at radius 1 is 1.12 bits per heavy atom. The molecule has 0 bridgehead atoms. The average molecular weight is 245 g/mol. The number of benzene rings is 2. The van der Waals surface area contributed by atoms with Crippen molar-refractivity contribution in [2.24, 2.45) is 5.10 Å². The fourth-order valence-electron chi connectivity index (χ4n) is 1.47. The molecule has 17 heavy (non-hydrogen) atoms. The van der Waals surface area contributed by atoms with Crippen LogP contribution in [-0.4, -0.2) is 6.21 Å². The fraction of sp³-hybridized carbons (Fsp3) is 0.0714. The highest BCUT2D eigenvalue weighted by Crippen LogP contribution is 2.14. The summed E-state index contributed by atoms with van der Waals surface area (Å²) in [5.41, 5.74) is 6.12. The van der Waals surface area contributed by atoms with Gasteiger partial charge in [-0.25, -0.2) is 0 Å². The second kappa shape index (κ2) is 5.51. The van der Waals surface area contributed by atoms with Gasteiger partial charge in [0.2, 0.25) is 0 Å². The van der Waals surface area contributed by atoms with E-state index >= 15 is 0 Å². The molecule has 2 rings (SSSR count). The van der Waals surface area contributed by atoms with E-state index in [-0.39, 0.29) is 0 Å². The number of nitrogens with zero attached hydrogens (tertiary/aromatic N) is 1. The lowest BCUT2D eigenvalue weighted by Crippen LogP contribution is -1.92. The van der Waals surface area contributed by atoms with Gasteiger partial charge in [0.15, 0.2) is 0 Å². The van der Waals surface area contributed by atoms with E-state index in [2.05, 4.69) is 23.5 Å². The van der Waals surface area contributed by atoms with E-state index in [1.807, 2.05) is 42.5 Å². The molecule has 2 nitrogen and oxygen atoms in total. The summed E-state index contributed by atoms with van der Waals surface area (Å²) in [7, 11) is 0. The Balaban J connectivity index is 2.06. The number of hydrogen-bond acceptors (Lipinski definition) is 2. The smallest absolute Gasteiger partial charge is 0.0576 e. The van der Waals surface area contributed by atoms with Crippen molar-refractivity contribution in [2.75, 3.05) is 5.43 Å². The first kappa shape index (κ1) is 11.7. The predicted octanol–water partition coefficient (Wildman–Crippen LogP) is 4.09. The summed E-state index contributed by atoms with van der Waals surface area (Å²) in [4.78, 5) is 0. The SMILES string of the molecule is Cc1ccccc1/C=N\Nc1cccc(Cl)c1. The maximum absolute atomic E-state index is 5.87. The molecule has 86 valence electrons. The molecule has 0 aromatic heterocycles. The molecule has 0 aliphatic rings. The standard InChI is InChI=1S/C14H13ClN2/c1-11-5-2-3-6-12(11)10-16-17-14-8-4-7-13(15)9-14/h2-10,17H,1H3/b16-10-. The molecule has 0 fully saturated rings. The highest BCUT2D eigenvalue weighted by Gasteiger charge is 1.93. The Hall–Kier alpha value is -1.80. The van der Waals surface area contributed by atoms with Gasteiger partial charge >= 0.3 is 0 Å². The van der Waals surface area contributed by atoms with Crippen LogP contribution in [0.15, 0.2) is 53.6 Å². The van der Waals surface area contributed by atoms with Crippen LogP contribution < -0.4 is 5.43 Å². The highest BCUT2D eigenvalue weighted by molar-refractivity contribution is 6.30. The van der Waals surface area contributed by atoms with Crippen molar-refractivity contribution in [3.05, 3.63) is 64.7 Å². The van der Waals surface area contributed by atoms with Crippen LogP contribution in [0.2, 0.25) is 5.02 Å². The Labute approximate surface area is 106 Å². The van der Waals surface area contributed by atoms with Crippen LogP contribution in [0.3, 0.4) is 0 Å². The molecular weight excluding hydrogens is 232 g/mol. The summed E-state index contributed by atoms with van der Waals surface area (Å²) in [5, 5.41) is 4.88. The predicted molar refractivity (Wildman–Crippen MR) is 73.8 cm³/mol. The minimum atomic E-state index is 0.695. The van der Waals surface area contributed by atoms with Gasteiger partial charge in [-0.1, -0.05) is 41.9 Å². The Morgan fingerprint density at radius 3 is 2.71 bits per heavy atom. The molecule has 0 saturated carbocycles. The largest absolute Gasteiger partial charge is 0.278 e. The first-order valence-corrected chi connectivity index (χ1v) is 5.74. The van der Waals surface area contributed by atoms with E-state index in [1.54, 1.807) is 6.21 Å². The van der Waals surface area contributed by atoms with Gasteiger partial charge in [0, 0.05) is 5.02 Å². The van der Waals surface area contributed by atoms with Gasteiger partial charge < -0.3 is 0 Å². The molecule has 0 atom stereocenters. The van der Waals surface area contributed by atoms with Gasteiger partial charge in [-0.3, -0.25) is 5.43 Å². The van der Waals surface area contributed by atoms with Crippen LogP contribution in [0, 0.1) is 6.92 Å². The van der Waals surface area contributed by atoms with Crippen LogP contribution >= 0.6 is 11.6 Å². The molecule has 0 heterocycles. The van der Waals surface area contributed by atoms with Crippen molar-refractivity contribution in [1.29, 1.82) is 0 Å². The Morgan fingerprint density at radius 2 is 1.94 bits per heavy atom. The van der Waals surface area contributed by atoms with E-state index in [9.17, 15) is 0 Å². The lowest BCUT2D eigenvalue weighted by Gasteiger charge is -2.01. The van der Waals surface area contributed by atoms with Gasteiger partial charge in [0.05, 0.1) is 11.9 Å². The third-order valence-electron chi connectivity index (χ3n) is 2.41. The summed E-state index contributed by atoms with van der Waals surface area (Å²) in [6.07, 6.45) is 1.80. The van der Waals surface area contributed by atoms with Crippen LogP contribution in [-0.2, 0) is 0 Å². The topological polar surface area (TPSA) is 24.4 Å². The molecule has 0 spiro atoms. The van der Waals surface area contributed by atoms with E-state index in [0.29, 0.717) is 5.02 Å². The molecular formula is C14H13ClN2. The first-order valence-electron chi connectivity index (χ1n) is 5.36. The first-order chi connectivity index (χ1) is 8.25. The van der Waals surface area contributed by atoms with Crippen LogP contribution in [0.25, 0.3) is 0 Å². The fourth-order valence-corrected chi connectivity index (χ4v) is 1.66. The maximum Gasteiger partial charge on any atom is 0.0576 e. The average Bonchev–Trinajstić information content (AvgIpc) is 2.32. The van der Waals surface area contributed by atoms with Crippen molar-refractivity contribution in [2.45, 2.75) is 6.92 Å². The molecule has 1 N–H and O–H groups in total. The highest BCUT2D eigenvalue weighted by atomic mass is 35.5.